The largest absolute Gasteiger partial charge is 0.374 e. The summed E-state index contributed by atoms with van der Waals surface area (Å²) in [5, 5.41) is 12.1. The second-order valence-corrected chi connectivity index (χ2v) is 15.9. The summed E-state index contributed by atoms with van der Waals surface area (Å²) in [6.45, 7) is 3.20. The lowest BCUT2D eigenvalue weighted by Gasteiger charge is -2.42. The molecule has 304 valence electrons. The highest BCUT2D eigenvalue weighted by atomic mass is 19.1. The predicted molar refractivity (Wildman–Crippen MR) is 217 cm³/mol. The van der Waals surface area contributed by atoms with Crippen molar-refractivity contribution >= 4 is 35.0 Å². The van der Waals surface area contributed by atoms with E-state index in [0.717, 1.165) is 77.5 Å². The van der Waals surface area contributed by atoms with Crippen molar-refractivity contribution in [1.29, 1.82) is 0 Å². The van der Waals surface area contributed by atoms with Crippen LogP contribution in [0.15, 0.2) is 71.8 Å². The molecular weight excluding hydrogens is 745 g/mol. The molecule has 1 atom stereocenters. The number of piperidine rings is 3. The molecule has 5 N–H and O–H groups in total. The van der Waals surface area contributed by atoms with Crippen molar-refractivity contribution < 1.29 is 23.2 Å². The maximum atomic E-state index is 15.2. The molecule has 0 unspecified atom stereocenters. The van der Waals surface area contributed by atoms with Crippen LogP contribution in [0.2, 0.25) is 0 Å². The molecule has 1 saturated carbocycles. The summed E-state index contributed by atoms with van der Waals surface area (Å²) < 4.78 is 30.2. The van der Waals surface area contributed by atoms with Crippen molar-refractivity contribution in [1.82, 2.24) is 30.5 Å². The Morgan fingerprint density at radius 2 is 1.53 bits per heavy atom. The highest BCUT2D eigenvalue weighted by Crippen LogP contribution is 2.31. The Morgan fingerprint density at radius 1 is 0.776 bits per heavy atom. The van der Waals surface area contributed by atoms with Gasteiger partial charge in [-0.3, -0.25) is 24.5 Å². The molecule has 0 radical (unpaired) electrons. The minimum atomic E-state index is -0.563. The standard InChI is InChI=1S/C43H49F2N9O4/c44-34-24-31(48-36-11-13-38(55)51-42(36)58)10-12-37(34)54-21-16-32(17-22-54)53-19-14-26(15-20-53)40(56)49-29-6-8-30(9-7-29)50-43-47-25-35(45)39(52-43)28-4-1-3-27(23-28)33-5-2-18-46-41(33)57/h1-5,10,12,18,23-26,29-30,32,36,48H,6-9,11,13-17,19-22H2,(H,46,57)(H,49,56)(H,47,50,52)(H,51,55,58)/t29?,30?,36-/m1/s1. The van der Waals surface area contributed by atoms with E-state index in [0.29, 0.717) is 46.5 Å². The van der Waals surface area contributed by atoms with Crippen molar-refractivity contribution in [2.24, 2.45) is 5.92 Å². The maximum absolute atomic E-state index is 15.2. The summed E-state index contributed by atoms with van der Waals surface area (Å²) in [7, 11) is 0. The van der Waals surface area contributed by atoms with E-state index in [1.165, 1.54) is 12.3 Å². The third-order valence-corrected chi connectivity index (χ3v) is 12.2. The minimum Gasteiger partial charge on any atom is -0.374 e. The summed E-state index contributed by atoms with van der Waals surface area (Å²) in [5.74, 6) is -1.12. The molecule has 3 saturated heterocycles. The zero-order chi connectivity index (χ0) is 40.2. The third-order valence-electron chi connectivity index (χ3n) is 12.2. The van der Waals surface area contributed by atoms with Gasteiger partial charge in [-0.1, -0.05) is 18.2 Å². The molecule has 3 amide bonds. The number of hydrogen-bond donors (Lipinski definition) is 5. The van der Waals surface area contributed by atoms with E-state index < -0.39 is 11.9 Å². The molecule has 4 aliphatic rings. The fourth-order valence-corrected chi connectivity index (χ4v) is 8.89. The first-order valence-corrected chi connectivity index (χ1v) is 20.4. The van der Waals surface area contributed by atoms with Gasteiger partial charge in [0.25, 0.3) is 5.56 Å². The zero-order valence-corrected chi connectivity index (χ0v) is 32.3. The molecule has 4 fully saturated rings. The van der Waals surface area contributed by atoms with Crippen molar-refractivity contribution in [2.75, 3.05) is 41.7 Å². The van der Waals surface area contributed by atoms with Crippen LogP contribution in [0.5, 0.6) is 0 Å². The molecule has 2 aromatic carbocycles. The van der Waals surface area contributed by atoms with E-state index in [2.05, 4.69) is 46.0 Å². The van der Waals surface area contributed by atoms with E-state index in [9.17, 15) is 23.6 Å². The van der Waals surface area contributed by atoms with Gasteiger partial charge in [-0.05, 0) is 113 Å². The quantitative estimate of drug-likeness (QED) is 0.135. The van der Waals surface area contributed by atoms with Crippen molar-refractivity contribution in [2.45, 2.75) is 88.4 Å². The van der Waals surface area contributed by atoms with Crippen molar-refractivity contribution in [3.05, 3.63) is 89.0 Å². The van der Waals surface area contributed by atoms with Crippen LogP contribution in [0.1, 0.15) is 64.2 Å². The summed E-state index contributed by atoms with van der Waals surface area (Å²) >= 11 is 0. The van der Waals surface area contributed by atoms with E-state index in [4.69, 9.17) is 0 Å². The van der Waals surface area contributed by atoms with Crippen molar-refractivity contribution in [3.63, 3.8) is 0 Å². The lowest BCUT2D eigenvalue weighted by molar-refractivity contribution is -0.133. The lowest BCUT2D eigenvalue weighted by Crippen LogP contribution is -2.50. The Balaban J connectivity index is 0.760. The molecule has 3 aliphatic heterocycles. The van der Waals surface area contributed by atoms with Crippen LogP contribution in [0.4, 0.5) is 26.1 Å². The number of benzene rings is 2. The molecule has 2 aromatic heterocycles. The number of amides is 3. The zero-order valence-electron chi connectivity index (χ0n) is 32.3. The predicted octanol–water partition coefficient (Wildman–Crippen LogP) is 5.21. The van der Waals surface area contributed by atoms with E-state index in [1.807, 2.05) is 0 Å². The van der Waals surface area contributed by atoms with E-state index in [1.54, 1.807) is 54.7 Å². The van der Waals surface area contributed by atoms with Crippen LogP contribution < -0.4 is 31.7 Å². The number of nitrogens with one attached hydrogen (secondary N) is 5. The van der Waals surface area contributed by atoms with Gasteiger partial charge in [0.1, 0.15) is 17.6 Å². The van der Waals surface area contributed by atoms with Gasteiger partial charge in [-0.25, -0.2) is 18.7 Å². The number of H-pyrrole nitrogens is 1. The van der Waals surface area contributed by atoms with Gasteiger partial charge in [0, 0.05) is 66.6 Å². The topological polar surface area (TPSA) is 164 Å². The Labute approximate surface area is 335 Å². The molecule has 8 rings (SSSR count). The molecule has 1 aliphatic carbocycles. The molecule has 5 heterocycles. The van der Waals surface area contributed by atoms with Gasteiger partial charge in [-0.15, -0.1) is 0 Å². The van der Waals surface area contributed by atoms with Gasteiger partial charge in [-0.2, -0.15) is 0 Å². The third kappa shape index (κ3) is 9.04. The van der Waals surface area contributed by atoms with Gasteiger partial charge in [0.15, 0.2) is 5.82 Å². The second-order valence-electron chi connectivity index (χ2n) is 15.9. The number of halogens is 2. The Hall–Kier alpha value is -5.70. The van der Waals surface area contributed by atoms with Crippen LogP contribution in [0.25, 0.3) is 22.4 Å². The average molecular weight is 794 g/mol. The summed E-state index contributed by atoms with van der Waals surface area (Å²) in [6.07, 6.45) is 10.1. The number of rotatable bonds is 10. The number of nitrogens with zero attached hydrogens (tertiary/aromatic N) is 4. The number of likely N-dealkylation sites (tertiary alicyclic amines) is 1. The van der Waals surface area contributed by atoms with Crippen LogP contribution in [-0.4, -0.2) is 87.9 Å². The Kier molecular flexibility index (Phi) is 11.8. The van der Waals surface area contributed by atoms with Gasteiger partial charge >= 0.3 is 0 Å². The fourth-order valence-electron chi connectivity index (χ4n) is 8.89. The van der Waals surface area contributed by atoms with Crippen LogP contribution in [0, 0.1) is 17.6 Å². The molecule has 15 heteroatoms. The van der Waals surface area contributed by atoms with Gasteiger partial charge in [0.2, 0.25) is 23.7 Å². The minimum absolute atomic E-state index is 0.0154. The van der Waals surface area contributed by atoms with E-state index >= 15 is 4.39 Å². The first-order chi connectivity index (χ1) is 28.2. The smallest absolute Gasteiger partial charge is 0.255 e. The molecule has 0 spiro atoms. The van der Waals surface area contributed by atoms with Crippen LogP contribution in [0.3, 0.4) is 0 Å². The molecule has 0 bridgehead atoms. The summed E-state index contributed by atoms with van der Waals surface area (Å²) in [6, 6.07) is 15.5. The molecule has 13 nitrogen and oxygen atoms in total. The number of hydrogen-bond acceptors (Lipinski definition) is 10. The number of carbonyl (C=O) groups excluding carboxylic acids is 3. The van der Waals surface area contributed by atoms with E-state index in [-0.39, 0.29) is 59.2 Å². The Morgan fingerprint density at radius 3 is 2.28 bits per heavy atom. The number of anilines is 3. The summed E-state index contributed by atoms with van der Waals surface area (Å²) in [5.41, 5.74) is 2.69. The number of carbonyl (C=O) groups is 3. The number of imide groups is 1. The summed E-state index contributed by atoms with van der Waals surface area (Å²) in [4.78, 5) is 65.2. The molecular formula is C43H49F2N9O4. The van der Waals surface area contributed by atoms with Crippen molar-refractivity contribution in [3.8, 4) is 22.4 Å². The molecule has 4 aromatic rings. The van der Waals surface area contributed by atoms with Crippen LogP contribution >= 0.6 is 0 Å². The monoisotopic (exact) mass is 793 g/mol. The van der Waals surface area contributed by atoms with Gasteiger partial charge in [0.05, 0.1) is 11.9 Å². The Bertz CT molecular complexity index is 2190. The maximum Gasteiger partial charge on any atom is 0.255 e. The SMILES string of the molecule is O=C1CC[C@@H](Nc2ccc(N3CCC(N4CCC(C(=O)NC5CCC(Nc6ncc(F)c(-c7cccc(-c8ccc[nH]c8=O)c7)n6)CC5)CC4)CC3)c(F)c2)C(=O)N1. The molecule has 58 heavy (non-hydrogen) atoms. The fraction of sp³-hybridized carbons (Fsp3) is 0.442. The second kappa shape index (κ2) is 17.4. The first-order valence-electron chi connectivity index (χ1n) is 20.4. The number of aromatic nitrogens is 3. The normalized spacial score (nSPS) is 22.3. The highest BCUT2D eigenvalue weighted by Gasteiger charge is 2.33. The first kappa shape index (κ1) is 39.1. The highest BCUT2D eigenvalue weighted by molar-refractivity contribution is 6.01. The lowest BCUT2D eigenvalue weighted by atomic mass is 9.89. The number of aromatic amines is 1. The number of pyridine rings is 1. The average Bonchev–Trinajstić information content (AvgIpc) is 3.24. The van der Waals surface area contributed by atoms with Crippen LogP contribution in [-0.2, 0) is 14.4 Å². The van der Waals surface area contributed by atoms with Gasteiger partial charge < -0.3 is 30.7 Å².